The molecule has 4 heteroatoms. The van der Waals surface area contributed by atoms with E-state index in [0.29, 0.717) is 4.47 Å². The highest BCUT2D eigenvalue weighted by Gasteiger charge is 2.14. The molecule has 0 aliphatic heterocycles. The highest BCUT2D eigenvalue weighted by molar-refractivity contribution is 9.10. The Labute approximate surface area is 121 Å². The number of rotatable bonds is 4. The van der Waals surface area contributed by atoms with Crippen LogP contribution in [0.3, 0.4) is 0 Å². The smallest absolute Gasteiger partial charge is 0.138 e. The number of aryl methyl sites for hydroxylation is 2. The Kier molecular flexibility index (Phi) is 4.40. The van der Waals surface area contributed by atoms with E-state index < -0.39 is 0 Å². The van der Waals surface area contributed by atoms with Crippen LogP contribution in [0, 0.1) is 12.7 Å². The minimum Gasteiger partial charge on any atom is -0.384 e. The van der Waals surface area contributed by atoms with Crippen LogP contribution in [0.4, 0.5) is 10.1 Å². The zero-order chi connectivity index (χ0) is 14.0. The molecule has 1 aromatic carbocycles. The Morgan fingerprint density at radius 2 is 2.05 bits per heavy atom. The van der Waals surface area contributed by atoms with Crippen LogP contribution >= 0.6 is 15.9 Å². The van der Waals surface area contributed by atoms with E-state index in [1.807, 2.05) is 13.0 Å². The van der Waals surface area contributed by atoms with Crippen molar-refractivity contribution in [1.29, 1.82) is 0 Å². The number of hydrogen-bond acceptors (Lipinski definition) is 2. The summed E-state index contributed by atoms with van der Waals surface area (Å²) < 4.78 is 14.4. The molecule has 0 radical (unpaired) electrons. The molecule has 1 heterocycles. The zero-order valence-corrected chi connectivity index (χ0v) is 13.1. The monoisotopic (exact) mass is 324 g/mol. The molecule has 0 fully saturated rings. The van der Waals surface area contributed by atoms with Crippen LogP contribution < -0.4 is 5.32 Å². The van der Waals surface area contributed by atoms with Crippen molar-refractivity contribution in [3.8, 4) is 0 Å². The highest BCUT2D eigenvalue weighted by atomic mass is 79.9. The molecule has 0 aliphatic rings. The average Bonchev–Trinajstić information content (AvgIpc) is 2.41. The minimum atomic E-state index is -0.240. The summed E-state index contributed by atoms with van der Waals surface area (Å²) in [7, 11) is 0. The van der Waals surface area contributed by atoms with Gasteiger partial charge in [-0.1, -0.05) is 13.8 Å². The van der Waals surface area contributed by atoms with Crippen molar-refractivity contribution in [2.45, 2.75) is 33.6 Å². The summed E-state index contributed by atoms with van der Waals surface area (Å²) in [5.74, 6) is -0.240. The van der Waals surface area contributed by atoms with E-state index in [2.05, 4.69) is 40.1 Å². The second-order valence-electron chi connectivity index (χ2n) is 4.65. The van der Waals surface area contributed by atoms with E-state index in [1.165, 1.54) is 6.07 Å². The van der Waals surface area contributed by atoms with Gasteiger partial charge in [0, 0.05) is 23.3 Å². The summed E-state index contributed by atoms with van der Waals surface area (Å²) in [4.78, 5) is 4.63. The fraction of sp³-hybridized carbons (Fsp3) is 0.400. The number of halogens is 2. The quantitative estimate of drug-likeness (QED) is 0.871. The van der Waals surface area contributed by atoms with E-state index >= 15 is 0 Å². The molecule has 102 valence electrons. The number of nitrogens with one attached hydrogen (secondary N) is 1. The van der Waals surface area contributed by atoms with Crippen molar-refractivity contribution in [3.05, 3.63) is 33.7 Å². The Morgan fingerprint density at radius 1 is 1.32 bits per heavy atom. The van der Waals surface area contributed by atoms with Crippen LogP contribution in [0.25, 0.3) is 10.9 Å². The molecule has 0 spiro atoms. The molecule has 19 heavy (non-hydrogen) atoms. The Balaban J connectivity index is 2.75. The number of nitrogens with zero attached hydrogens (tertiary/aromatic N) is 1. The van der Waals surface area contributed by atoms with Crippen molar-refractivity contribution in [2.24, 2.45) is 0 Å². The zero-order valence-electron chi connectivity index (χ0n) is 11.5. The van der Waals surface area contributed by atoms with Crippen molar-refractivity contribution in [2.75, 3.05) is 11.9 Å². The maximum atomic E-state index is 13.9. The summed E-state index contributed by atoms with van der Waals surface area (Å²) in [5, 5.41) is 4.21. The second kappa shape index (κ2) is 5.87. The van der Waals surface area contributed by atoms with Gasteiger partial charge in [0.1, 0.15) is 5.82 Å². The van der Waals surface area contributed by atoms with E-state index in [4.69, 9.17) is 0 Å². The van der Waals surface area contributed by atoms with Crippen LogP contribution in [-0.2, 0) is 6.42 Å². The van der Waals surface area contributed by atoms with Crippen LogP contribution in [0.1, 0.15) is 31.5 Å². The molecule has 0 saturated carbocycles. The van der Waals surface area contributed by atoms with Gasteiger partial charge >= 0.3 is 0 Å². The van der Waals surface area contributed by atoms with Crippen molar-refractivity contribution < 1.29 is 4.39 Å². The van der Waals surface area contributed by atoms with Crippen molar-refractivity contribution in [3.63, 3.8) is 0 Å². The first kappa shape index (κ1) is 14.3. The molecule has 2 aromatic rings. The SMILES string of the molecule is CCCNc1cc(CC)nc2c(C)cc(F)c(Br)c12. The Hall–Kier alpha value is -1.16. The molecule has 1 aromatic heterocycles. The molecule has 2 rings (SSSR count). The maximum Gasteiger partial charge on any atom is 0.138 e. The van der Waals surface area contributed by atoms with Gasteiger partial charge in [0.25, 0.3) is 0 Å². The van der Waals surface area contributed by atoms with E-state index in [9.17, 15) is 4.39 Å². The fourth-order valence-electron chi connectivity index (χ4n) is 2.13. The standard InChI is InChI=1S/C15H18BrFN2/c1-4-6-18-12-8-10(5-2)19-15-9(3)7-11(17)14(16)13(12)15/h7-8H,4-6H2,1-3H3,(H,18,19). The number of pyridine rings is 1. The lowest BCUT2D eigenvalue weighted by Gasteiger charge is -2.14. The number of anilines is 1. The van der Waals surface area contributed by atoms with E-state index in [1.54, 1.807) is 0 Å². The van der Waals surface area contributed by atoms with Crippen molar-refractivity contribution >= 4 is 32.5 Å². The first-order valence-corrected chi connectivity index (χ1v) is 7.39. The van der Waals surface area contributed by atoms with Crippen LogP contribution in [0.15, 0.2) is 16.6 Å². The van der Waals surface area contributed by atoms with E-state index in [0.717, 1.165) is 47.2 Å². The molecule has 0 bridgehead atoms. The number of aromatic nitrogens is 1. The maximum absolute atomic E-state index is 13.9. The lowest BCUT2D eigenvalue weighted by Crippen LogP contribution is -2.04. The summed E-state index contributed by atoms with van der Waals surface area (Å²) in [6, 6.07) is 3.55. The lowest BCUT2D eigenvalue weighted by atomic mass is 10.1. The predicted octanol–water partition coefficient (Wildman–Crippen LogP) is 4.83. The number of benzene rings is 1. The average molecular weight is 325 g/mol. The molecule has 0 unspecified atom stereocenters. The summed E-state index contributed by atoms with van der Waals surface area (Å²) >= 11 is 3.35. The minimum absolute atomic E-state index is 0.240. The van der Waals surface area contributed by atoms with Crippen molar-refractivity contribution in [1.82, 2.24) is 4.98 Å². The molecule has 0 saturated heterocycles. The Bertz CT molecular complexity index is 611. The first-order chi connectivity index (χ1) is 9.08. The van der Waals surface area contributed by atoms with E-state index in [-0.39, 0.29) is 5.82 Å². The van der Waals surface area contributed by atoms with Gasteiger partial charge in [-0.3, -0.25) is 4.98 Å². The fourth-order valence-corrected chi connectivity index (χ4v) is 2.64. The number of fused-ring (bicyclic) bond motifs is 1. The van der Waals surface area contributed by atoms with Crippen LogP contribution in [0.5, 0.6) is 0 Å². The third kappa shape index (κ3) is 2.73. The van der Waals surface area contributed by atoms with Gasteiger partial charge in [0.05, 0.1) is 9.99 Å². The van der Waals surface area contributed by atoms with Gasteiger partial charge in [0.15, 0.2) is 0 Å². The molecule has 2 nitrogen and oxygen atoms in total. The molecule has 0 amide bonds. The van der Waals surface area contributed by atoms with Gasteiger partial charge in [-0.2, -0.15) is 0 Å². The number of hydrogen-bond donors (Lipinski definition) is 1. The summed E-state index contributed by atoms with van der Waals surface area (Å²) in [6.45, 7) is 6.95. The van der Waals surface area contributed by atoms with Gasteiger partial charge in [-0.15, -0.1) is 0 Å². The summed E-state index contributed by atoms with van der Waals surface area (Å²) in [5.41, 5.74) is 3.71. The topological polar surface area (TPSA) is 24.9 Å². The molecule has 0 atom stereocenters. The third-order valence-electron chi connectivity index (χ3n) is 3.15. The molecule has 0 aliphatic carbocycles. The second-order valence-corrected chi connectivity index (χ2v) is 5.45. The van der Waals surface area contributed by atoms with Gasteiger partial charge in [0.2, 0.25) is 0 Å². The molecular formula is C15H18BrFN2. The van der Waals surface area contributed by atoms with Gasteiger partial charge in [-0.05, 0) is 53.4 Å². The predicted molar refractivity (Wildman–Crippen MR) is 82.3 cm³/mol. The molecule has 1 N–H and O–H groups in total. The van der Waals surface area contributed by atoms with Crippen LogP contribution in [-0.4, -0.2) is 11.5 Å². The van der Waals surface area contributed by atoms with Crippen LogP contribution in [0.2, 0.25) is 0 Å². The lowest BCUT2D eigenvalue weighted by molar-refractivity contribution is 0.622. The normalized spacial score (nSPS) is 11.0. The highest BCUT2D eigenvalue weighted by Crippen LogP contribution is 2.34. The largest absolute Gasteiger partial charge is 0.384 e. The van der Waals surface area contributed by atoms with Gasteiger partial charge in [-0.25, -0.2) is 4.39 Å². The Morgan fingerprint density at radius 3 is 2.68 bits per heavy atom. The summed E-state index contributed by atoms with van der Waals surface area (Å²) in [6.07, 6.45) is 1.89. The third-order valence-corrected chi connectivity index (χ3v) is 3.92. The van der Waals surface area contributed by atoms with Gasteiger partial charge < -0.3 is 5.32 Å². The molecular weight excluding hydrogens is 307 g/mol. The first-order valence-electron chi connectivity index (χ1n) is 6.60.